The second kappa shape index (κ2) is 2.37. The number of halogens is 2. The first kappa shape index (κ1) is 5.92. The van der Waals surface area contributed by atoms with Gasteiger partial charge < -0.3 is 5.32 Å². The van der Waals surface area contributed by atoms with Gasteiger partial charge in [-0.15, -0.1) is 0 Å². The highest BCUT2D eigenvalue weighted by Crippen LogP contribution is 2.04. The third-order valence-electron chi connectivity index (χ3n) is 0.695. The van der Waals surface area contributed by atoms with Crippen LogP contribution in [0.1, 0.15) is 0 Å². The van der Waals surface area contributed by atoms with E-state index in [-0.39, 0.29) is 0 Å². The maximum Gasteiger partial charge on any atom is 0.195 e. The molecule has 1 aliphatic rings. The molecule has 0 radical (unpaired) electrons. The number of nitrogens with zero attached hydrogens (tertiary/aromatic N) is 1. The standard InChI is InChI=1S/C4H4Cl2N2/c5-3-1-2-7-4(6)8-3/h1-2,4,8H. The Bertz CT molecular complexity index is 141. The van der Waals surface area contributed by atoms with Gasteiger partial charge in [-0.05, 0) is 6.08 Å². The smallest absolute Gasteiger partial charge is 0.195 e. The Balaban J connectivity index is 2.59. The Morgan fingerprint density at radius 1 is 1.75 bits per heavy atom. The molecule has 0 amide bonds. The zero-order chi connectivity index (χ0) is 5.98. The van der Waals surface area contributed by atoms with E-state index in [2.05, 4.69) is 10.3 Å². The summed E-state index contributed by atoms with van der Waals surface area (Å²) in [6.07, 6.45) is 3.21. The molecule has 0 bridgehead atoms. The fraction of sp³-hybridized carbons (Fsp3) is 0.250. The summed E-state index contributed by atoms with van der Waals surface area (Å²) >= 11 is 11.0. The van der Waals surface area contributed by atoms with E-state index in [1.54, 1.807) is 12.3 Å². The average molecular weight is 151 g/mol. The number of aliphatic imine (C=N–C) groups is 1. The van der Waals surface area contributed by atoms with Gasteiger partial charge in [0.25, 0.3) is 0 Å². The zero-order valence-corrected chi connectivity index (χ0v) is 5.45. The molecule has 8 heavy (non-hydrogen) atoms. The monoisotopic (exact) mass is 150 g/mol. The van der Waals surface area contributed by atoms with Gasteiger partial charge in [-0.3, -0.25) is 4.99 Å². The van der Waals surface area contributed by atoms with Crippen LogP contribution in [0.2, 0.25) is 0 Å². The SMILES string of the molecule is ClC1=CC=NC(Cl)N1. The van der Waals surface area contributed by atoms with Crippen LogP contribution in [-0.4, -0.2) is 11.8 Å². The lowest BCUT2D eigenvalue weighted by Crippen LogP contribution is -2.21. The number of alkyl halides is 1. The molecule has 1 aliphatic heterocycles. The number of hydrogen-bond acceptors (Lipinski definition) is 2. The summed E-state index contributed by atoms with van der Waals surface area (Å²) in [5, 5.41) is 3.20. The van der Waals surface area contributed by atoms with E-state index >= 15 is 0 Å². The Hall–Kier alpha value is -0.210. The van der Waals surface area contributed by atoms with Crippen molar-refractivity contribution in [1.82, 2.24) is 5.32 Å². The number of hydrogen-bond donors (Lipinski definition) is 1. The molecule has 0 saturated carbocycles. The van der Waals surface area contributed by atoms with E-state index < -0.39 is 5.62 Å². The molecule has 0 spiro atoms. The van der Waals surface area contributed by atoms with Crippen molar-refractivity contribution in [2.24, 2.45) is 4.99 Å². The molecular weight excluding hydrogens is 147 g/mol. The van der Waals surface area contributed by atoms with Crippen molar-refractivity contribution in [3.8, 4) is 0 Å². The van der Waals surface area contributed by atoms with Crippen molar-refractivity contribution >= 4 is 29.4 Å². The maximum atomic E-state index is 5.49. The third kappa shape index (κ3) is 1.39. The maximum absolute atomic E-state index is 5.49. The van der Waals surface area contributed by atoms with Crippen molar-refractivity contribution in [2.75, 3.05) is 0 Å². The van der Waals surface area contributed by atoms with E-state index in [1.807, 2.05) is 0 Å². The second-order valence-corrected chi connectivity index (χ2v) is 2.11. The summed E-state index contributed by atoms with van der Waals surface area (Å²) in [6.45, 7) is 0. The molecule has 44 valence electrons. The van der Waals surface area contributed by atoms with E-state index in [1.165, 1.54) is 0 Å². The Morgan fingerprint density at radius 3 is 2.88 bits per heavy atom. The number of nitrogens with one attached hydrogen (secondary N) is 1. The fourth-order valence-corrected chi connectivity index (χ4v) is 0.781. The minimum absolute atomic E-state index is 0.396. The lowest BCUT2D eigenvalue weighted by atomic mass is 10.6. The van der Waals surface area contributed by atoms with Gasteiger partial charge in [0.2, 0.25) is 0 Å². The van der Waals surface area contributed by atoms with Crippen LogP contribution >= 0.6 is 23.2 Å². The predicted molar refractivity (Wildman–Crippen MR) is 35.2 cm³/mol. The van der Waals surface area contributed by atoms with E-state index in [9.17, 15) is 0 Å². The van der Waals surface area contributed by atoms with Crippen LogP contribution in [0.5, 0.6) is 0 Å². The summed E-state index contributed by atoms with van der Waals surface area (Å²) in [4.78, 5) is 3.75. The summed E-state index contributed by atoms with van der Waals surface area (Å²) in [5.41, 5.74) is -0.396. The average Bonchev–Trinajstić information content (AvgIpc) is 1.64. The minimum Gasteiger partial charge on any atom is -0.342 e. The molecule has 0 aromatic heterocycles. The van der Waals surface area contributed by atoms with Crippen molar-refractivity contribution in [2.45, 2.75) is 5.62 Å². The Kier molecular flexibility index (Phi) is 1.76. The molecule has 1 N–H and O–H groups in total. The second-order valence-electron chi connectivity index (χ2n) is 1.29. The summed E-state index contributed by atoms with van der Waals surface area (Å²) in [5.74, 6) is 0. The van der Waals surface area contributed by atoms with Crippen LogP contribution in [-0.2, 0) is 0 Å². The molecule has 2 nitrogen and oxygen atoms in total. The van der Waals surface area contributed by atoms with Gasteiger partial charge in [-0.25, -0.2) is 0 Å². The first-order valence-corrected chi connectivity index (χ1v) is 2.90. The van der Waals surface area contributed by atoms with Crippen LogP contribution in [0.3, 0.4) is 0 Å². The molecule has 0 aliphatic carbocycles. The third-order valence-corrected chi connectivity index (χ3v) is 1.15. The zero-order valence-electron chi connectivity index (χ0n) is 3.94. The highest BCUT2D eigenvalue weighted by Gasteiger charge is 2.02. The fourth-order valence-electron chi connectivity index (χ4n) is 0.383. The Morgan fingerprint density at radius 2 is 2.50 bits per heavy atom. The summed E-state index contributed by atoms with van der Waals surface area (Å²) in [7, 11) is 0. The highest BCUT2D eigenvalue weighted by molar-refractivity contribution is 6.31. The summed E-state index contributed by atoms with van der Waals surface area (Å²) in [6, 6.07) is 0. The molecule has 4 heteroatoms. The van der Waals surface area contributed by atoms with Gasteiger partial charge in [0.15, 0.2) is 5.62 Å². The van der Waals surface area contributed by atoms with Gasteiger partial charge in [0.1, 0.15) is 5.16 Å². The van der Waals surface area contributed by atoms with Crippen LogP contribution in [0, 0.1) is 0 Å². The van der Waals surface area contributed by atoms with E-state index in [0.717, 1.165) is 0 Å². The highest BCUT2D eigenvalue weighted by atomic mass is 35.5. The van der Waals surface area contributed by atoms with Crippen LogP contribution in [0.4, 0.5) is 0 Å². The molecule has 0 aromatic carbocycles. The van der Waals surface area contributed by atoms with Crippen LogP contribution in [0.25, 0.3) is 0 Å². The van der Waals surface area contributed by atoms with E-state index in [0.29, 0.717) is 5.16 Å². The molecular formula is C4H4Cl2N2. The minimum atomic E-state index is -0.396. The molecule has 0 aromatic rings. The first-order chi connectivity index (χ1) is 3.79. The topological polar surface area (TPSA) is 24.4 Å². The van der Waals surface area contributed by atoms with Gasteiger partial charge in [-0.1, -0.05) is 23.2 Å². The van der Waals surface area contributed by atoms with E-state index in [4.69, 9.17) is 23.2 Å². The first-order valence-electron chi connectivity index (χ1n) is 2.08. The molecule has 0 saturated heterocycles. The number of rotatable bonds is 0. The number of allylic oxidation sites excluding steroid dienone is 1. The van der Waals surface area contributed by atoms with Gasteiger partial charge in [0.05, 0.1) is 0 Å². The van der Waals surface area contributed by atoms with Gasteiger partial charge in [-0.2, -0.15) is 0 Å². The largest absolute Gasteiger partial charge is 0.342 e. The van der Waals surface area contributed by atoms with Crippen LogP contribution < -0.4 is 5.32 Å². The molecule has 1 unspecified atom stereocenters. The molecule has 1 rings (SSSR count). The quantitative estimate of drug-likeness (QED) is 0.409. The van der Waals surface area contributed by atoms with Crippen molar-refractivity contribution in [1.29, 1.82) is 0 Å². The van der Waals surface area contributed by atoms with Crippen molar-refractivity contribution in [3.63, 3.8) is 0 Å². The molecule has 1 heterocycles. The van der Waals surface area contributed by atoms with Crippen molar-refractivity contribution < 1.29 is 0 Å². The normalized spacial score (nSPS) is 26.8. The van der Waals surface area contributed by atoms with Gasteiger partial charge >= 0.3 is 0 Å². The molecule has 1 atom stereocenters. The van der Waals surface area contributed by atoms with Gasteiger partial charge in [0, 0.05) is 6.21 Å². The van der Waals surface area contributed by atoms with Crippen molar-refractivity contribution in [3.05, 3.63) is 11.2 Å². The Labute approximate surface area is 57.2 Å². The van der Waals surface area contributed by atoms with Crippen LogP contribution in [0.15, 0.2) is 16.2 Å². The molecule has 0 fully saturated rings. The lowest BCUT2D eigenvalue weighted by Gasteiger charge is -2.09. The summed E-state index contributed by atoms with van der Waals surface area (Å²) < 4.78 is 0. The lowest BCUT2D eigenvalue weighted by molar-refractivity contribution is 0.791. The predicted octanol–water partition coefficient (Wildman–Crippen LogP) is 1.26.